The Morgan fingerprint density at radius 1 is 1.17 bits per heavy atom. The zero-order valence-electron chi connectivity index (χ0n) is 16.2. The van der Waals surface area contributed by atoms with Gasteiger partial charge in [0.05, 0.1) is 18.2 Å². The van der Waals surface area contributed by atoms with Gasteiger partial charge in [0.2, 0.25) is 11.8 Å². The first-order valence-corrected chi connectivity index (χ1v) is 10.2. The number of carbonyl (C=O) groups excluding carboxylic acids is 1. The summed E-state index contributed by atoms with van der Waals surface area (Å²) < 4.78 is 17.8. The molecular formula is C22H21BrN2O4. The number of carbonyl (C=O) groups is 1. The van der Waals surface area contributed by atoms with Gasteiger partial charge < -0.3 is 19.2 Å². The maximum absolute atomic E-state index is 12.6. The SMILES string of the molecule is Cc1oc(-c2ccccc2)nc1CC(=O)NC(C)c1cc2c(cc1Br)OCCO2. The van der Waals surface area contributed by atoms with Crippen LogP contribution in [0.3, 0.4) is 0 Å². The molecule has 2 aromatic carbocycles. The van der Waals surface area contributed by atoms with Crippen LogP contribution in [0.1, 0.15) is 30.0 Å². The third kappa shape index (κ3) is 4.29. The molecule has 6 nitrogen and oxygen atoms in total. The van der Waals surface area contributed by atoms with Crippen LogP contribution in [0, 0.1) is 6.92 Å². The number of aromatic nitrogens is 1. The van der Waals surface area contributed by atoms with Gasteiger partial charge in [-0.05, 0) is 43.7 Å². The Bertz CT molecular complexity index is 1030. The molecule has 1 amide bonds. The quantitative estimate of drug-likeness (QED) is 0.606. The summed E-state index contributed by atoms with van der Waals surface area (Å²) in [5, 5.41) is 3.02. The number of nitrogens with one attached hydrogen (secondary N) is 1. The van der Waals surface area contributed by atoms with Crippen LogP contribution in [-0.4, -0.2) is 24.1 Å². The largest absolute Gasteiger partial charge is 0.486 e. The second kappa shape index (κ2) is 8.29. The van der Waals surface area contributed by atoms with Crippen LogP contribution in [0.5, 0.6) is 11.5 Å². The molecule has 4 rings (SSSR count). The monoisotopic (exact) mass is 456 g/mol. The average molecular weight is 457 g/mol. The van der Waals surface area contributed by atoms with Crippen LogP contribution >= 0.6 is 15.9 Å². The van der Waals surface area contributed by atoms with Crippen LogP contribution in [-0.2, 0) is 11.2 Å². The van der Waals surface area contributed by atoms with Gasteiger partial charge in [0.15, 0.2) is 11.5 Å². The highest BCUT2D eigenvalue weighted by molar-refractivity contribution is 9.10. The summed E-state index contributed by atoms with van der Waals surface area (Å²) in [4.78, 5) is 17.1. The maximum Gasteiger partial charge on any atom is 0.226 e. The van der Waals surface area contributed by atoms with E-state index in [9.17, 15) is 4.79 Å². The van der Waals surface area contributed by atoms with Gasteiger partial charge in [-0.15, -0.1) is 0 Å². The van der Waals surface area contributed by atoms with Crippen molar-refractivity contribution in [1.82, 2.24) is 10.3 Å². The van der Waals surface area contributed by atoms with E-state index >= 15 is 0 Å². The normalized spacial score (nSPS) is 13.8. The number of ether oxygens (including phenoxy) is 2. The summed E-state index contributed by atoms with van der Waals surface area (Å²) in [7, 11) is 0. The molecule has 0 saturated heterocycles. The minimum absolute atomic E-state index is 0.129. The van der Waals surface area contributed by atoms with E-state index in [2.05, 4.69) is 26.2 Å². The molecule has 2 heterocycles. The van der Waals surface area contributed by atoms with E-state index in [-0.39, 0.29) is 18.4 Å². The van der Waals surface area contributed by atoms with Crippen LogP contribution in [0.2, 0.25) is 0 Å². The van der Waals surface area contributed by atoms with E-state index in [4.69, 9.17) is 13.9 Å². The van der Waals surface area contributed by atoms with Crippen LogP contribution < -0.4 is 14.8 Å². The molecule has 0 saturated carbocycles. The summed E-state index contributed by atoms with van der Waals surface area (Å²) in [6.45, 7) is 4.80. The lowest BCUT2D eigenvalue weighted by Crippen LogP contribution is -2.28. The number of oxazole rings is 1. The van der Waals surface area contributed by atoms with Gasteiger partial charge >= 0.3 is 0 Å². The zero-order chi connectivity index (χ0) is 20.4. The van der Waals surface area contributed by atoms with E-state index in [0.29, 0.717) is 42.1 Å². The van der Waals surface area contributed by atoms with Crippen LogP contribution in [0.4, 0.5) is 0 Å². The Morgan fingerprint density at radius 2 is 1.86 bits per heavy atom. The fraction of sp³-hybridized carbons (Fsp3) is 0.273. The molecule has 0 fully saturated rings. The van der Waals surface area contributed by atoms with Gasteiger partial charge in [-0.25, -0.2) is 4.98 Å². The standard InChI is InChI=1S/C22H21BrN2O4/c1-13(16-10-19-20(11-17(16)23)28-9-8-27-19)24-21(26)12-18-14(2)29-22(25-18)15-6-4-3-5-7-15/h3-7,10-11,13H,8-9,12H2,1-2H3,(H,24,26). The van der Waals surface area contributed by atoms with E-state index in [1.807, 2.05) is 56.3 Å². The first-order chi connectivity index (χ1) is 14.0. The maximum atomic E-state index is 12.6. The van der Waals surface area contributed by atoms with E-state index in [1.165, 1.54) is 0 Å². The highest BCUT2D eigenvalue weighted by Gasteiger charge is 2.20. The molecule has 3 aromatic rings. The van der Waals surface area contributed by atoms with Crippen LogP contribution in [0.25, 0.3) is 11.5 Å². The molecule has 150 valence electrons. The molecule has 0 radical (unpaired) electrons. The summed E-state index contributed by atoms with van der Waals surface area (Å²) in [6.07, 6.45) is 0.147. The highest BCUT2D eigenvalue weighted by atomic mass is 79.9. The molecular weight excluding hydrogens is 436 g/mol. The van der Waals surface area contributed by atoms with Crippen molar-refractivity contribution in [1.29, 1.82) is 0 Å². The Balaban J connectivity index is 1.46. The first kappa shape index (κ1) is 19.5. The van der Waals surface area contributed by atoms with Gasteiger partial charge in [-0.2, -0.15) is 0 Å². The Hall–Kier alpha value is -2.80. The van der Waals surface area contributed by atoms with E-state index in [0.717, 1.165) is 15.6 Å². The number of nitrogens with zero attached hydrogens (tertiary/aromatic N) is 1. The van der Waals surface area contributed by atoms with Crippen molar-refractivity contribution >= 4 is 21.8 Å². The molecule has 29 heavy (non-hydrogen) atoms. The molecule has 7 heteroatoms. The van der Waals surface area contributed by atoms with Gasteiger partial charge in [-0.3, -0.25) is 4.79 Å². The van der Waals surface area contributed by atoms with Crippen molar-refractivity contribution in [2.24, 2.45) is 0 Å². The summed E-state index contributed by atoms with van der Waals surface area (Å²) >= 11 is 3.56. The number of hydrogen-bond donors (Lipinski definition) is 1. The van der Waals surface area contributed by atoms with E-state index in [1.54, 1.807) is 0 Å². The molecule has 1 atom stereocenters. The minimum Gasteiger partial charge on any atom is -0.486 e. The highest BCUT2D eigenvalue weighted by Crippen LogP contribution is 2.37. The lowest BCUT2D eigenvalue weighted by molar-refractivity contribution is -0.121. The molecule has 1 aliphatic rings. The topological polar surface area (TPSA) is 73.6 Å². The molecule has 1 aliphatic heterocycles. The van der Waals surface area contributed by atoms with Crippen molar-refractivity contribution in [3.8, 4) is 23.0 Å². The number of fused-ring (bicyclic) bond motifs is 1. The van der Waals surface area contributed by atoms with Gasteiger partial charge in [0.25, 0.3) is 0 Å². The van der Waals surface area contributed by atoms with E-state index < -0.39 is 0 Å². The summed E-state index contributed by atoms with van der Waals surface area (Å²) in [5.41, 5.74) is 2.44. The fourth-order valence-corrected chi connectivity index (χ4v) is 3.90. The average Bonchev–Trinajstić information content (AvgIpc) is 3.08. The van der Waals surface area contributed by atoms with Crippen molar-refractivity contribution in [2.75, 3.05) is 13.2 Å². The summed E-state index contributed by atoms with van der Waals surface area (Å²) in [6, 6.07) is 13.2. The van der Waals surface area contributed by atoms with Gasteiger partial charge in [0.1, 0.15) is 19.0 Å². The van der Waals surface area contributed by atoms with Crippen molar-refractivity contribution in [3.63, 3.8) is 0 Å². The number of rotatable bonds is 5. The molecule has 0 bridgehead atoms. The second-order valence-electron chi connectivity index (χ2n) is 6.87. The van der Waals surface area contributed by atoms with Crippen molar-refractivity contribution in [2.45, 2.75) is 26.3 Å². The Morgan fingerprint density at radius 3 is 2.59 bits per heavy atom. The number of amides is 1. The minimum atomic E-state index is -0.214. The zero-order valence-corrected chi connectivity index (χ0v) is 17.8. The van der Waals surface area contributed by atoms with Gasteiger partial charge in [-0.1, -0.05) is 34.1 Å². The third-order valence-corrected chi connectivity index (χ3v) is 5.43. The predicted octanol–water partition coefficient (Wildman–Crippen LogP) is 4.60. The van der Waals surface area contributed by atoms with Crippen molar-refractivity contribution < 1.29 is 18.7 Å². The van der Waals surface area contributed by atoms with Crippen molar-refractivity contribution in [3.05, 3.63) is 64.0 Å². The first-order valence-electron chi connectivity index (χ1n) is 9.41. The smallest absolute Gasteiger partial charge is 0.226 e. The molecule has 1 aromatic heterocycles. The van der Waals surface area contributed by atoms with Gasteiger partial charge in [0, 0.05) is 10.0 Å². The third-order valence-electron chi connectivity index (χ3n) is 4.75. The second-order valence-corrected chi connectivity index (χ2v) is 7.73. The lowest BCUT2D eigenvalue weighted by Gasteiger charge is -2.22. The number of aryl methyl sites for hydroxylation is 1. The lowest BCUT2D eigenvalue weighted by atomic mass is 10.1. The summed E-state index contributed by atoms with van der Waals surface area (Å²) in [5.74, 6) is 2.43. The van der Waals surface area contributed by atoms with Crippen LogP contribution in [0.15, 0.2) is 51.4 Å². The molecule has 1 N–H and O–H groups in total. The molecule has 1 unspecified atom stereocenters. The number of hydrogen-bond acceptors (Lipinski definition) is 5. The number of benzene rings is 2. The number of halogens is 1. The predicted molar refractivity (Wildman–Crippen MR) is 112 cm³/mol. The fourth-order valence-electron chi connectivity index (χ4n) is 3.23. The Kier molecular flexibility index (Phi) is 5.58. The molecule has 0 aliphatic carbocycles. The Labute approximate surface area is 177 Å². The molecule has 0 spiro atoms.